The second kappa shape index (κ2) is 7.38. The highest BCUT2D eigenvalue weighted by molar-refractivity contribution is 5.48. The number of aryl methyl sites for hydroxylation is 1. The van der Waals surface area contributed by atoms with Gasteiger partial charge in [0.15, 0.2) is 0 Å². The Balaban J connectivity index is 1.49. The standard InChI is InChI=1S/C18H23N3O/c1-16-12-19-21(13-16)15-18-14-20(10-11-22-18)9-5-8-17-6-3-2-4-7-17/h2-8,12-13,18H,9-11,14-15H2,1H3/b8-5+/t18-/m1/s1. The molecule has 4 heteroatoms. The number of ether oxygens (including phenoxy) is 1. The number of rotatable bonds is 5. The number of benzene rings is 1. The van der Waals surface area contributed by atoms with Gasteiger partial charge in [-0.1, -0.05) is 42.5 Å². The maximum atomic E-state index is 5.86. The van der Waals surface area contributed by atoms with E-state index < -0.39 is 0 Å². The second-order valence-corrected chi connectivity index (χ2v) is 5.81. The van der Waals surface area contributed by atoms with Gasteiger partial charge in [-0.25, -0.2) is 0 Å². The normalized spacial score (nSPS) is 19.8. The molecule has 1 fully saturated rings. The van der Waals surface area contributed by atoms with E-state index >= 15 is 0 Å². The summed E-state index contributed by atoms with van der Waals surface area (Å²) < 4.78 is 7.83. The summed E-state index contributed by atoms with van der Waals surface area (Å²) in [4.78, 5) is 2.43. The van der Waals surface area contributed by atoms with Crippen molar-refractivity contribution >= 4 is 6.08 Å². The monoisotopic (exact) mass is 297 g/mol. The van der Waals surface area contributed by atoms with Gasteiger partial charge in [0.25, 0.3) is 0 Å². The van der Waals surface area contributed by atoms with Crippen LogP contribution in [0.5, 0.6) is 0 Å². The van der Waals surface area contributed by atoms with Crippen LogP contribution in [-0.4, -0.2) is 47.0 Å². The molecule has 116 valence electrons. The Kier molecular flexibility index (Phi) is 5.03. The molecule has 0 saturated carbocycles. The summed E-state index contributed by atoms with van der Waals surface area (Å²) in [6, 6.07) is 10.4. The van der Waals surface area contributed by atoms with Gasteiger partial charge in [-0.3, -0.25) is 9.58 Å². The average molecular weight is 297 g/mol. The van der Waals surface area contributed by atoms with Crippen molar-refractivity contribution in [3.63, 3.8) is 0 Å². The van der Waals surface area contributed by atoms with E-state index in [-0.39, 0.29) is 6.10 Å². The van der Waals surface area contributed by atoms with Gasteiger partial charge in [-0.15, -0.1) is 0 Å². The molecule has 0 radical (unpaired) electrons. The molecule has 1 atom stereocenters. The van der Waals surface area contributed by atoms with E-state index in [0.717, 1.165) is 32.8 Å². The third kappa shape index (κ3) is 4.29. The Labute approximate surface area is 132 Å². The molecular formula is C18H23N3O. The summed E-state index contributed by atoms with van der Waals surface area (Å²) >= 11 is 0. The summed E-state index contributed by atoms with van der Waals surface area (Å²) in [6.45, 7) is 6.60. The molecule has 0 aliphatic carbocycles. The van der Waals surface area contributed by atoms with E-state index in [4.69, 9.17) is 4.74 Å². The van der Waals surface area contributed by atoms with Crippen LogP contribution in [0.3, 0.4) is 0 Å². The highest BCUT2D eigenvalue weighted by atomic mass is 16.5. The summed E-state index contributed by atoms with van der Waals surface area (Å²) in [7, 11) is 0. The Bertz CT molecular complexity index is 606. The van der Waals surface area contributed by atoms with Crippen molar-refractivity contribution < 1.29 is 4.74 Å². The molecular weight excluding hydrogens is 274 g/mol. The third-order valence-corrected chi connectivity index (χ3v) is 3.85. The van der Waals surface area contributed by atoms with E-state index in [9.17, 15) is 0 Å². The average Bonchev–Trinajstić information content (AvgIpc) is 2.94. The van der Waals surface area contributed by atoms with E-state index in [1.165, 1.54) is 11.1 Å². The fraction of sp³-hybridized carbons (Fsp3) is 0.389. The third-order valence-electron chi connectivity index (χ3n) is 3.85. The van der Waals surface area contributed by atoms with Crippen molar-refractivity contribution in [2.24, 2.45) is 0 Å². The minimum absolute atomic E-state index is 0.221. The summed E-state index contributed by atoms with van der Waals surface area (Å²) in [6.07, 6.45) is 8.59. The molecule has 1 aliphatic heterocycles. The molecule has 1 aliphatic rings. The van der Waals surface area contributed by atoms with Crippen LogP contribution in [0.1, 0.15) is 11.1 Å². The number of morpholine rings is 1. The first-order valence-electron chi connectivity index (χ1n) is 7.84. The van der Waals surface area contributed by atoms with Crippen molar-refractivity contribution in [3.8, 4) is 0 Å². The Hall–Kier alpha value is -1.91. The largest absolute Gasteiger partial charge is 0.374 e. The minimum atomic E-state index is 0.221. The molecule has 0 amide bonds. The molecule has 2 heterocycles. The Morgan fingerprint density at radius 1 is 1.32 bits per heavy atom. The summed E-state index contributed by atoms with van der Waals surface area (Å²) in [5.41, 5.74) is 2.44. The van der Waals surface area contributed by atoms with E-state index in [2.05, 4.69) is 59.5 Å². The first-order chi connectivity index (χ1) is 10.8. The number of hydrogen-bond donors (Lipinski definition) is 0. The molecule has 0 bridgehead atoms. The van der Waals surface area contributed by atoms with Crippen molar-refractivity contribution in [3.05, 3.63) is 59.9 Å². The first-order valence-corrected chi connectivity index (χ1v) is 7.84. The van der Waals surface area contributed by atoms with Crippen LogP contribution in [0.4, 0.5) is 0 Å². The molecule has 2 aromatic rings. The lowest BCUT2D eigenvalue weighted by Gasteiger charge is -2.32. The van der Waals surface area contributed by atoms with Gasteiger partial charge in [0.1, 0.15) is 0 Å². The molecule has 1 aromatic carbocycles. The minimum Gasteiger partial charge on any atom is -0.374 e. The molecule has 22 heavy (non-hydrogen) atoms. The lowest BCUT2D eigenvalue weighted by atomic mass is 10.2. The topological polar surface area (TPSA) is 30.3 Å². The zero-order valence-electron chi connectivity index (χ0n) is 13.1. The van der Waals surface area contributed by atoms with E-state index in [0.29, 0.717) is 0 Å². The van der Waals surface area contributed by atoms with Crippen LogP contribution in [0.2, 0.25) is 0 Å². The first kappa shape index (κ1) is 15.0. The quantitative estimate of drug-likeness (QED) is 0.850. The van der Waals surface area contributed by atoms with Crippen LogP contribution in [0.25, 0.3) is 6.08 Å². The highest BCUT2D eigenvalue weighted by Crippen LogP contribution is 2.09. The van der Waals surface area contributed by atoms with Crippen molar-refractivity contribution in [1.29, 1.82) is 0 Å². The Morgan fingerprint density at radius 2 is 2.18 bits per heavy atom. The number of nitrogens with zero attached hydrogens (tertiary/aromatic N) is 3. The molecule has 4 nitrogen and oxygen atoms in total. The fourth-order valence-electron chi connectivity index (χ4n) is 2.73. The highest BCUT2D eigenvalue weighted by Gasteiger charge is 2.20. The molecule has 0 spiro atoms. The van der Waals surface area contributed by atoms with Crippen molar-refractivity contribution in [2.45, 2.75) is 19.6 Å². The van der Waals surface area contributed by atoms with Crippen LogP contribution in [0, 0.1) is 6.92 Å². The van der Waals surface area contributed by atoms with Crippen LogP contribution < -0.4 is 0 Å². The number of hydrogen-bond acceptors (Lipinski definition) is 3. The van der Waals surface area contributed by atoms with Crippen molar-refractivity contribution in [1.82, 2.24) is 14.7 Å². The maximum Gasteiger partial charge on any atom is 0.0898 e. The molecule has 0 N–H and O–H groups in total. The van der Waals surface area contributed by atoms with Gasteiger partial charge in [0.05, 0.1) is 25.5 Å². The summed E-state index contributed by atoms with van der Waals surface area (Å²) in [5, 5.41) is 4.34. The molecule has 1 aromatic heterocycles. The zero-order valence-corrected chi connectivity index (χ0v) is 13.1. The van der Waals surface area contributed by atoms with Gasteiger partial charge in [0, 0.05) is 25.8 Å². The van der Waals surface area contributed by atoms with Gasteiger partial charge in [-0.2, -0.15) is 5.10 Å². The zero-order chi connectivity index (χ0) is 15.2. The van der Waals surface area contributed by atoms with Crippen LogP contribution >= 0.6 is 0 Å². The predicted molar refractivity (Wildman–Crippen MR) is 88.6 cm³/mol. The molecule has 0 unspecified atom stereocenters. The summed E-state index contributed by atoms with van der Waals surface area (Å²) in [5.74, 6) is 0. The Morgan fingerprint density at radius 3 is 2.95 bits per heavy atom. The smallest absolute Gasteiger partial charge is 0.0898 e. The van der Waals surface area contributed by atoms with Gasteiger partial charge >= 0.3 is 0 Å². The second-order valence-electron chi connectivity index (χ2n) is 5.81. The SMILES string of the molecule is Cc1cnn(C[C@H]2CN(C/C=C/c3ccccc3)CCO2)c1. The fourth-order valence-corrected chi connectivity index (χ4v) is 2.73. The van der Waals surface area contributed by atoms with Crippen molar-refractivity contribution in [2.75, 3.05) is 26.2 Å². The van der Waals surface area contributed by atoms with E-state index in [1.807, 2.05) is 16.9 Å². The van der Waals surface area contributed by atoms with Gasteiger partial charge in [0.2, 0.25) is 0 Å². The van der Waals surface area contributed by atoms with Gasteiger partial charge < -0.3 is 4.74 Å². The lowest BCUT2D eigenvalue weighted by Crippen LogP contribution is -2.44. The van der Waals surface area contributed by atoms with Crippen LogP contribution in [0.15, 0.2) is 48.8 Å². The maximum absolute atomic E-state index is 5.86. The predicted octanol–water partition coefficient (Wildman–Crippen LogP) is 2.61. The van der Waals surface area contributed by atoms with Gasteiger partial charge in [-0.05, 0) is 18.1 Å². The lowest BCUT2D eigenvalue weighted by molar-refractivity contribution is -0.0337. The molecule has 1 saturated heterocycles. The molecule has 3 rings (SSSR count). The number of aromatic nitrogens is 2. The van der Waals surface area contributed by atoms with E-state index in [1.54, 1.807) is 0 Å². The van der Waals surface area contributed by atoms with Crippen LogP contribution in [-0.2, 0) is 11.3 Å².